The molecular formula is C23H12ClNO4. The smallest absolute Gasteiger partial charge is 0.340 e. The van der Waals surface area contributed by atoms with Crippen molar-refractivity contribution in [2.45, 2.75) is 6.61 Å². The quantitative estimate of drug-likeness (QED) is 0.476. The van der Waals surface area contributed by atoms with E-state index in [1.54, 1.807) is 48.5 Å². The summed E-state index contributed by atoms with van der Waals surface area (Å²) < 4.78 is 5.29. The molecule has 1 aliphatic carbocycles. The van der Waals surface area contributed by atoms with E-state index >= 15 is 0 Å². The fourth-order valence-corrected chi connectivity index (χ4v) is 3.61. The summed E-state index contributed by atoms with van der Waals surface area (Å²) in [5.74, 6) is -1.48. The van der Waals surface area contributed by atoms with Crippen molar-refractivity contribution in [2.24, 2.45) is 0 Å². The lowest BCUT2D eigenvalue weighted by atomic mass is 9.83. The Bertz CT molecular complexity index is 1240. The Kier molecular flexibility index (Phi) is 4.71. The van der Waals surface area contributed by atoms with Gasteiger partial charge < -0.3 is 4.74 Å². The van der Waals surface area contributed by atoms with Crippen LogP contribution >= 0.6 is 11.6 Å². The molecule has 0 saturated heterocycles. The van der Waals surface area contributed by atoms with Gasteiger partial charge in [0.15, 0.2) is 11.6 Å². The molecule has 3 aromatic rings. The third-order valence-electron chi connectivity index (χ3n) is 4.75. The van der Waals surface area contributed by atoms with Gasteiger partial charge in [-0.05, 0) is 18.2 Å². The average Bonchev–Trinajstić information content (AvgIpc) is 2.75. The summed E-state index contributed by atoms with van der Waals surface area (Å²) in [5, 5.41) is 9.01. The third kappa shape index (κ3) is 3.10. The van der Waals surface area contributed by atoms with Gasteiger partial charge in [-0.15, -0.1) is 0 Å². The lowest BCUT2D eigenvalue weighted by Crippen LogP contribution is -2.22. The van der Waals surface area contributed by atoms with Crippen molar-refractivity contribution in [1.29, 1.82) is 5.26 Å². The predicted molar refractivity (Wildman–Crippen MR) is 105 cm³/mol. The van der Waals surface area contributed by atoms with Gasteiger partial charge in [0.1, 0.15) is 6.61 Å². The molecule has 4 rings (SSSR count). The number of nitriles is 1. The predicted octanol–water partition coefficient (Wildman–Crippen LogP) is 4.34. The van der Waals surface area contributed by atoms with E-state index in [9.17, 15) is 14.4 Å². The molecule has 0 N–H and O–H groups in total. The number of carbonyl (C=O) groups is 3. The van der Waals surface area contributed by atoms with Gasteiger partial charge in [-0.2, -0.15) is 5.26 Å². The number of nitrogens with zero attached hydrogens (tertiary/aromatic N) is 1. The van der Waals surface area contributed by atoms with Gasteiger partial charge in [0.2, 0.25) is 0 Å². The van der Waals surface area contributed by atoms with Crippen LogP contribution in [-0.4, -0.2) is 17.5 Å². The second-order valence-corrected chi connectivity index (χ2v) is 6.78. The van der Waals surface area contributed by atoms with Crippen LogP contribution in [0.5, 0.6) is 0 Å². The Morgan fingerprint density at radius 1 is 0.897 bits per heavy atom. The lowest BCUT2D eigenvalue weighted by molar-refractivity contribution is 0.0472. The molecule has 0 heterocycles. The van der Waals surface area contributed by atoms with Gasteiger partial charge in [0, 0.05) is 22.3 Å². The van der Waals surface area contributed by atoms with Crippen LogP contribution in [0.1, 0.15) is 53.3 Å². The van der Waals surface area contributed by atoms with Crippen molar-refractivity contribution >= 4 is 29.1 Å². The first-order chi connectivity index (χ1) is 14.0. The van der Waals surface area contributed by atoms with Gasteiger partial charge in [-0.3, -0.25) is 9.59 Å². The maximum atomic E-state index is 12.9. The van der Waals surface area contributed by atoms with Crippen molar-refractivity contribution in [2.75, 3.05) is 0 Å². The van der Waals surface area contributed by atoms with Crippen molar-refractivity contribution < 1.29 is 19.1 Å². The molecule has 0 unspecified atom stereocenters. The second kappa shape index (κ2) is 7.34. The summed E-state index contributed by atoms with van der Waals surface area (Å²) in [7, 11) is 0. The second-order valence-electron chi connectivity index (χ2n) is 6.40. The van der Waals surface area contributed by atoms with Crippen LogP contribution in [0.25, 0.3) is 0 Å². The topological polar surface area (TPSA) is 84.2 Å². The molecule has 3 aromatic carbocycles. The molecule has 0 saturated carbocycles. The molecule has 6 heteroatoms. The summed E-state index contributed by atoms with van der Waals surface area (Å²) in [4.78, 5) is 38.2. The van der Waals surface area contributed by atoms with E-state index in [0.717, 1.165) is 0 Å². The molecule has 29 heavy (non-hydrogen) atoms. The van der Waals surface area contributed by atoms with Crippen molar-refractivity contribution in [1.82, 2.24) is 0 Å². The highest BCUT2D eigenvalue weighted by Crippen LogP contribution is 2.34. The van der Waals surface area contributed by atoms with Crippen LogP contribution in [0.4, 0.5) is 0 Å². The number of benzene rings is 3. The first-order valence-electron chi connectivity index (χ1n) is 8.69. The molecule has 0 bridgehead atoms. The van der Waals surface area contributed by atoms with E-state index < -0.39 is 11.8 Å². The Morgan fingerprint density at radius 3 is 2.28 bits per heavy atom. The van der Waals surface area contributed by atoms with Gasteiger partial charge in [-0.25, -0.2) is 4.79 Å². The van der Waals surface area contributed by atoms with Crippen LogP contribution < -0.4 is 0 Å². The molecule has 5 nitrogen and oxygen atoms in total. The molecule has 0 radical (unpaired) electrons. The lowest BCUT2D eigenvalue weighted by Gasteiger charge is -2.19. The zero-order valence-corrected chi connectivity index (χ0v) is 15.7. The van der Waals surface area contributed by atoms with E-state index in [-0.39, 0.29) is 39.7 Å². The number of rotatable bonds is 3. The Morgan fingerprint density at radius 2 is 1.55 bits per heavy atom. The molecule has 0 spiro atoms. The number of carbonyl (C=O) groups excluding carboxylic acids is 3. The van der Waals surface area contributed by atoms with Crippen LogP contribution in [0.15, 0.2) is 60.7 Å². The summed E-state index contributed by atoms with van der Waals surface area (Å²) >= 11 is 6.36. The minimum atomic E-state index is -0.746. The molecular weight excluding hydrogens is 390 g/mol. The van der Waals surface area contributed by atoms with E-state index in [0.29, 0.717) is 16.7 Å². The van der Waals surface area contributed by atoms with E-state index in [1.165, 1.54) is 12.1 Å². The van der Waals surface area contributed by atoms with Crippen LogP contribution in [0, 0.1) is 11.3 Å². The largest absolute Gasteiger partial charge is 0.457 e. The molecule has 0 amide bonds. The van der Waals surface area contributed by atoms with Crippen LogP contribution in [0.2, 0.25) is 5.02 Å². The van der Waals surface area contributed by atoms with Crippen molar-refractivity contribution in [3.8, 4) is 6.07 Å². The Labute approximate surface area is 171 Å². The number of ether oxygens (including phenoxy) is 1. The number of esters is 1. The Hall–Kier alpha value is -3.75. The number of halogens is 1. The number of fused-ring (bicyclic) bond motifs is 2. The first kappa shape index (κ1) is 18.6. The van der Waals surface area contributed by atoms with Crippen LogP contribution in [-0.2, 0) is 11.3 Å². The van der Waals surface area contributed by atoms with Gasteiger partial charge in [0.05, 0.1) is 27.8 Å². The standard InChI is InChI=1S/C23H12ClNO4/c24-20-18(23(28)29-12-14-6-2-1-5-13(14)11-25)10-9-17-19(20)22(27)16-8-4-3-7-15(16)21(17)26/h1-10H,12H2. The highest BCUT2D eigenvalue weighted by molar-refractivity contribution is 6.41. The molecule has 140 valence electrons. The van der Waals surface area contributed by atoms with Gasteiger partial charge in [-0.1, -0.05) is 54.1 Å². The number of ketones is 2. The van der Waals surface area contributed by atoms with Crippen molar-refractivity contribution in [3.05, 3.63) is 105 Å². The Balaban J connectivity index is 1.67. The number of hydrogen-bond donors (Lipinski definition) is 0. The molecule has 1 aliphatic rings. The zero-order chi connectivity index (χ0) is 20.5. The summed E-state index contributed by atoms with van der Waals surface area (Å²) in [6, 6.07) is 18.0. The monoisotopic (exact) mass is 401 g/mol. The molecule has 0 fully saturated rings. The van der Waals surface area contributed by atoms with E-state index in [1.807, 2.05) is 6.07 Å². The van der Waals surface area contributed by atoms with Gasteiger partial charge >= 0.3 is 5.97 Å². The van der Waals surface area contributed by atoms with E-state index in [2.05, 4.69) is 0 Å². The SMILES string of the molecule is N#Cc1ccccc1COC(=O)c1ccc2c(c1Cl)C(=O)c1ccccc1C2=O. The number of hydrogen-bond acceptors (Lipinski definition) is 5. The summed E-state index contributed by atoms with van der Waals surface area (Å²) in [6.45, 7) is -0.119. The first-order valence-corrected chi connectivity index (χ1v) is 9.06. The van der Waals surface area contributed by atoms with Crippen molar-refractivity contribution in [3.63, 3.8) is 0 Å². The zero-order valence-electron chi connectivity index (χ0n) is 14.9. The maximum absolute atomic E-state index is 12.9. The highest BCUT2D eigenvalue weighted by atomic mass is 35.5. The molecule has 0 aliphatic heterocycles. The minimum absolute atomic E-state index is 0.00208. The maximum Gasteiger partial charge on any atom is 0.340 e. The molecule has 0 atom stereocenters. The minimum Gasteiger partial charge on any atom is -0.457 e. The van der Waals surface area contributed by atoms with Gasteiger partial charge in [0.25, 0.3) is 0 Å². The van der Waals surface area contributed by atoms with Crippen LogP contribution in [0.3, 0.4) is 0 Å². The normalized spacial score (nSPS) is 12.0. The molecule has 0 aromatic heterocycles. The summed E-state index contributed by atoms with van der Waals surface area (Å²) in [6.07, 6.45) is 0. The fraction of sp³-hybridized carbons (Fsp3) is 0.0435. The summed E-state index contributed by atoms with van der Waals surface area (Å²) in [5.41, 5.74) is 1.66. The fourth-order valence-electron chi connectivity index (χ4n) is 3.28. The third-order valence-corrected chi connectivity index (χ3v) is 5.14. The highest BCUT2D eigenvalue weighted by Gasteiger charge is 2.33. The average molecular weight is 402 g/mol. The van der Waals surface area contributed by atoms with E-state index in [4.69, 9.17) is 21.6 Å².